The highest BCUT2D eigenvalue weighted by atomic mass is 32.2. The first kappa shape index (κ1) is 27.7. The molecule has 10 heteroatoms. The van der Waals surface area contributed by atoms with Crippen molar-refractivity contribution in [3.63, 3.8) is 0 Å². The van der Waals surface area contributed by atoms with Crippen LogP contribution in [0.15, 0.2) is 34.1 Å². The van der Waals surface area contributed by atoms with Crippen LogP contribution in [0.3, 0.4) is 0 Å². The van der Waals surface area contributed by atoms with Gasteiger partial charge >= 0.3 is 6.09 Å². The standard InChI is InChI=1S/C26H38N4O5S/c1-8-20-22(21(9-2)30(29-20)16-17(3)27-24(32)35-25(4,5)6)36(33,34)19-12-10-11-18(15-19)28-23(31)26(7)13-14-26/h10-12,15,17H,8-9,13-14,16H2,1-7H3,(H,27,32)(H,28,31)/t17-/m0/s1. The van der Waals surface area contributed by atoms with Crippen LogP contribution in [-0.2, 0) is 38.8 Å². The van der Waals surface area contributed by atoms with Gasteiger partial charge in [-0.05, 0) is 71.6 Å². The van der Waals surface area contributed by atoms with Crippen molar-refractivity contribution in [3.8, 4) is 0 Å². The maximum absolute atomic E-state index is 13.8. The van der Waals surface area contributed by atoms with E-state index in [2.05, 4.69) is 15.7 Å². The lowest BCUT2D eigenvalue weighted by Crippen LogP contribution is -2.40. The molecule has 0 unspecified atom stereocenters. The third-order valence-corrected chi connectivity index (χ3v) is 8.06. The Labute approximate surface area is 213 Å². The SMILES string of the molecule is CCc1nn(C[C@H](C)NC(=O)OC(C)(C)C)c(CC)c1S(=O)(=O)c1cccc(NC(=O)C2(C)CC2)c1. The van der Waals surface area contributed by atoms with E-state index in [1.165, 1.54) is 12.1 Å². The lowest BCUT2D eigenvalue weighted by Gasteiger charge is -2.22. The van der Waals surface area contributed by atoms with Gasteiger partial charge in [0.25, 0.3) is 0 Å². The van der Waals surface area contributed by atoms with Crippen molar-refractivity contribution in [3.05, 3.63) is 35.7 Å². The number of ether oxygens (including phenoxy) is 1. The van der Waals surface area contributed by atoms with Crippen LogP contribution in [0, 0.1) is 5.41 Å². The molecule has 1 aromatic heterocycles. The first-order chi connectivity index (χ1) is 16.7. The van der Waals surface area contributed by atoms with E-state index in [1.54, 1.807) is 37.6 Å². The molecule has 0 bridgehead atoms. The van der Waals surface area contributed by atoms with E-state index in [1.807, 2.05) is 27.7 Å². The quantitative estimate of drug-likeness (QED) is 0.505. The highest BCUT2D eigenvalue weighted by Crippen LogP contribution is 2.45. The second-order valence-electron chi connectivity index (χ2n) is 10.7. The van der Waals surface area contributed by atoms with Crippen molar-refractivity contribution in [2.75, 3.05) is 5.32 Å². The number of hydrogen-bond donors (Lipinski definition) is 2. The minimum absolute atomic E-state index is 0.0974. The summed E-state index contributed by atoms with van der Waals surface area (Å²) in [6, 6.07) is 6.02. The van der Waals surface area contributed by atoms with Gasteiger partial charge in [0.2, 0.25) is 15.7 Å². The summed E-state index contributed by atoms with van der Waals surface area (Å²) in [7, 11) is -3.91. The number of alkyl carbamates (subject to hydrolysis) is 1. The molecular formula is C26H38N4O5S. The summed E-state index contributed by atoms with van der Waals surface area (Å²) in [6.07, 6.45) is 1.99. The predicted octanol–water partition coefficient (Wildman–Crippen LogP) is 4.49. The second kappa shape index (κ2) is 10.2. The fraction of sp³-hybridized carbons (Fsp3) is 0.577. The van der Waals surface area contributed by atoms with E-state index in [4.69, 9.17) is 4.74 Å². The Kier molecular flexibility index (Phi) is 7.88. The van der Waals surface area contributed by atoms with Gasteiger partial charge in [-0.3, -0.25) is 9.48 Å². The Balaban J connectivity index is 1.89. The van der Waals surface area contributed by atoms with Gasteiger partial charge < -0.3 is 15.4 Å². The molecule has 1 saturated carbocycles. The summed E-state index contributed by atoms with van der Waals surface area (Å²) in [5.74, 6) is -0.0974. The molecule has 0 saturated heterocycles. The number of carbonyl (C=O) groups is 2. The van der Waals surface area contributed by atoms with Gasteiger partial charge in [0.05, 0.1) is 22.8 Å². The molecule has 198 valence electrons. The van der Waals surface area contributed by atoms with Gasteiger partial charge in [-0.1, -0.05) is 26.8 Å². The number of benzene rings is 1. The molecule has 0 spiro atoms. The summed E-state index contributed by atoms with van der Waals surface area (Å²) in [4.78, 5) is 24.9. The van der Waals surface area contributed by atoms with Crippen LogP contribution in [0.4, 0.5) is 10.5 Å². The van der Waals surface area contributed by atoms with Crippen LogP contribution in [0.1, 0.15) is 72.7 Å². The smallest absolute Gasteiger partial charge is 0.407 e. The lowest BCUT2D eigenvalue weighted by molar-refractivity contribution is -0.120. The van der Waals surface area contributed by atoms with E-state index < -0.39 is 21.5 Å². The van der Waals surface area contributed by atoms with Gasteiger partial charge in [-0.15, -0.1) is 0 Å². The van der Waals surface area contributed by atoms with Crippen molar-refractivity contribution >= 4 is 27.5 Å². The fourth-order valence-electron chi connectivity index (χ4n) is 3.94. The van der Waals surface area contributed by atoms with Crippen molar-refractivity contribution in [2.24, 2.45) is 5.41 Å². The minimum atomic E-state index is -3.91. The zero-order valence-electron chi connectivity index (χ0n) is 22.3. The third-order valence-electron chi connectivity index (χ3n) is 6.18. The molecule has 1 atom stereocenters. The van der Waals surface area contributed by atoms with Gasteiger partial charge in [-0.25, -0.2) is 13.2 Å². The van der Waals surface area contributed by atoms with E-state index >= 15 is 0 Å². The number of carbonyl (C=O) groups excluding carboxylic acids is 2. The average molecular weight is 519 g/mol. The zero-order chi connectivity index (χ0) is 26.9. The Morgan fingerprint density at radius 2 is 1.86 bits per heavy atom. The fourth-order valence-corrected chi connectivity index (χ4v) is 5.77. The van der Waals surface area contributed by atoms with Gasteiger partial charge in [0.1, 0.15) is 10.5 Å². The molecule has 1 fully saturated rings. The highest BCUT2D eigenvalue weighted by molar-refractivity contribution is 7.91. The molecule has 2 amide bonds. The maximum atomic E-state index is 13.8. The molecule has 1 aliphatic rings. The molecule has 3 rings (SSSR count). The van der Waals surface area contributed by atoms with Crippen LogP contribution in [-0.4, -0.2) is 41.8 Å². The van der Waals surface area contributed by atoms with Crippen molar-refractivity contribution in [1.29, 1.82) is 0 Å². The Morgan fingerprint density at radius 1 is 1.19 bits per heavy atom. The summed E-state index contributed by atoms with van der Waals surface area (Å²) in [5.41, 5.74) is 0.504. The predicted molar refractivity (Wildman–Crippen MR) is 138 cm³/mol. The number of hydrogen-bond acceptors (Lipinski definition) is 6. The van der Waals surface area contributed by atoms with E-state index in [-0.39, 0.29) is 27.2 Å². The maximum Gasteiger partial charge on any atom is 0.407 e. The third kappa shape index (κ3) is 6.27. The number of nitrogens with zero attached hydrogens (tertiary/aromatic N) is 2. The van der Waals surface area contributed by atoms with Crippen LogP contribution in [0.25, 0.3) is 0 Å². The number of anilines is 1. The van der Waals surface area contributed by atoms with Crippen molar-refractivity contribution in [1.82, 2.24) is 15.1 Å². The molecule has 9 nitrogen and oxygen atoms in total. The summed E-state index contributed by atoms with van der Waals surface area (Å²) >= 11 is 0. The Morgan fingerprint density at radius 3 is 2.42 bits per heavy atom. The van der Waals surface area contributed by atoms with Crippen LogP contribution >= 0.6 is 0 Å². The van der Waals surface area contributed by atoms with Crippen molar-refractivity contribution in [2.45, 2.75) is 102 Å². The van der Waals surface area contributed by atoms with Crippen molar-refractivity contribution < 1.29 is 22.7 Å². The first-order valence-corrected chi connectivity index (χ1v) is 13.9. The van der Waals surface area contributed by atoms with Gasteiger partial charge in [0.15, 0.2) is 0 Å². The number of amides is 2. The number of sulfone groups is 1. The molecule has 0 radical (unpaired) electrons. The van der Waals surface area contributed by atoms with E-state index in [0.29, 0.717) is 36.5 Å². The lowest BCUT2D eigenvalue weighted by atomic mass is 10.1. The molecule has 1 aliphatic carbocycles. The first-order valence-electron chi connectivity index (χ1n) is 12.4. The largest absolute Gasteiger partial charge is 0.444 e. The molecule has 2 aromatic rings. The topological polar surface area (TPSA) is 119 Å². The highest BCUT2D eigenvalue weighted by Gasteiger charge is 2.44. The normalized spacial score (nSPS) is 15.8. The van der Waals surface area contributed by atoms with Crippen LogP contribution in [0.2, 0.25) is 0 Å². The molecule has 1 aromatic carbocycles. The number of aromatic nitrogens is 2. The Hall–Kier alpha value is -2.88. The zero-order valence-corrected chi connectivity index (χ0v) is 23.1. The summed E-state index contributed by atoms with van der Waals surface area (Å²) < 4.78 is 34.6. The second-order valence-corrected chi connectivity index (χ2v) is 12.6. The summed E-state index contributed by atoms with van der Waals surface area (Å²) in [5, 5.41) is 10.2. The molecular weight excluding hydrogens is 480 g/mol. The Bertz CT molecular complexity index is 1240. The minimum Gasteiger partial charge on any atom is -0.444 e. The molecule has 1 heterocycles. The molecule has 2 N–H and O–H groups in total. The summed E-state index contributed by atoms with van der Waals surface area (Å²) in [6.45, 7) is 13.1. The van der Waals surface area contributed by atoms with Gasteiger partial charge in [0, 0.05) is 17.1 Å². The van der Waals surface area contributed by atoms with E-state index in [9.17, 15) is 18.0 Å². The number of nitrogens with one attached hydrogen (secondary N) is 2. The van der Waals surface area contributed by atoms with Gasteiger partial charge in [-0.2, -0.15) is 5.10 Å². The van der Waals surface area contributed by atoms with E-state index in [0.717, 1.165) is 12.8 Å². The molecule has 0 aliphatic heterocycles. The number of rotatable bonds is 9. The monoisotopic (exact) mass is 518 g/mol. The number of aryl methyl sites for hydroxylation is 1. The van der Waals surface area contributed by atoms with Crippen LogP contribution in [0.5, 0.6) is 0 Å². The van der Waals surface area contributed by atoms with Crippen LogP contribution < -0.4 is 10.6 Å². The molecule has 36 heavy (non-hydrogen) atoms. The average Bonchev–Trinajstić information content (AvgIpc) is 3.42.